The Kier molecular flexibility index (Phi) is 3.31. The van der Waals surface area contributed by atoms with Gasteiger partial charge in [0.2, 0.25) is 0 Å². The number of rotatable bonds is 1. The van der Waals surface area contributed by atoms with Gasteiger partial charge in [-0.15, -0.1) is 0 Å². The van der Waals surface area contributed by atoms with Gasteiger partial charge in [0.25, 0.3) is 0 Å². The van der Waals surface area contributed by atoms with Crippen LogP contribution in [0, 0.1) is 7.27 Å². The third kappa shape index (κ3) is 2.03. The molecule has 54 valence electrons. The average molecular weight is 361 g/mol. The van der Waals surface area contributed by atoms with Crippen molar-refractivity contribution in [3.8, 4) is 0 Å². The number of hydrogen-bond acceptors (Lipinski definition) is 2. The van der Waals surface area contributed by atoms with Gasteiger partial charge < -0.3 is 5.11 Å². The summed E-state index contributed by atoms with van der Waals surface area (Å²) in [6.45, 7) is 0.0694. The van der Waals surface area contributed by atoms with Gasteiger partial charge in [-0.3, -0.25) is 0 Å². The van der Waals surface area contributed by atoms with Crippen molar-refractivity contribution in [1.29, 1.82) is 0 Å². The van der Waals surface area contributed by atoms with Crippen LogP contribution in [0.5, 0.6) is 0 Å². The normalized spacial score (nSPS) is 9.90. The molecule has 0 aliphatic carbocycles. The fourth-order valence-electron chi connectivity index (χ4n) is 0.547. The number of hydrogen-bond donors (Lipinski definition) is 1. The van der Waals surface area contributed by atoms with E-state index in [9.17, 15) is 0 Å². The Morgan fingerprint density at radius 2 is 2.20 bits per heavy atom. The molecule has 0 radical (unpaired) electrons. The Morgan fingerprint density at radius 1 is 1.50 bits per heavy atom. The van der Waals surface area contributed by atoms with E-state index in [1.807, 2.05) is 6.07 Å². The lowest BCUT2D eigenvalue weighted by atomic mass is 10.3. The Bertz CT molecular complexity index is 239. The van der Waals surface area contributed by atoms with E-state index in [1.54, 1.807) is 6.20 Å². The van der Waals surface area contributed by atoms with Crippen molar-refractivity contribution in [3.05, 3.63) is 25.1 Å². The minimum atomic E-state index is 0.0694. The first-order valence-corrected chi connectivity index (χ1v) is 4.80. The first kappa shape index (κ1) is 8.66. The van der Waals surface area contributed by atoms with Gasteiger partial charge in [-0.05, 0) is 56.8 Å². The zero-order valence-electron chi connectivity index (χ0n) is 5.01. The van der Waals surface area contributed by atoms with E-state index in [0.717, 1.165) is 12.8 Å². The lowest BCUT2D eigenvalue weighted by molar-refractivity contribution is 0.281. The van der Waals surface area contributed by atoms with Gasteiger partial charge in [-0.25, -0.2) is 4.98 Å². The van der Waals surface area contributed by atoms with Crippen LogP contribution >= 0.6 is 45.2 Å². The summed E-state index contributed by atoms with van der Waals surface area (Å²) < 4.78 is 2.07. The van der Waals surface area contributed by atoms with Gasteiger partial charge in [-0.1, -0.05) is 0 Å². The van der Waals surface area contributed by atoms with Gasteiger partial charge in [0, 0.05) is 9.77 Å². The number of aliphatic hydroxyl groups excluding tert-OH is 1. The highest BCUT2D eigenvalue weighted by atomic mass is 127. The molecule has 0 aliphatic heterocycles. The third-order valence-electron chi connectivity index (χ3n) is 1.04. The fourth-order valence-corrected chi connectivity index (χ4v) is 1.38. The minimum Gasteiger partial charge on any atom is -0.392 e. The number of aliphatic hydroxyl groups is 1. The van der Waals surface area contributed by atoms with Crippen molar-refractivity contribution < 1.29 is 5.11 Å². The van der Waals surface area contributed by atoms with Gasteiger partial charge in [-0.2, -0.15) is 0 Å². The number of aromatic nitrogens is 1. The SMILES string of the molecule is OCc1cnc(I)c(I)c1. The Balaban J connectivity index is 3.04. The molecule has 1 aromatic heterocycles. The quantitative estimate of drug-likeness (QED) is 0.611. The molecule has 0 fully saturated rings. The van der Waals surface area contributed by atoms with Crippen LogP contribution in [0.15, 0.2) is 12.3 Å². The van der Waals surface area contributed by atoms with Crippen molar-refractivity contribution in [2.45, 2.75) is 6.61 Å². The molecule has 4 heteroatoms. The summed E-state index contributed by atoms with van der Waals surface area (Å²) >= 11 is 4.35. The highest BCUT2D eigenvalue weighted by molar-refractivity contribution is 14.1. The van der Waals surface area contributed by atoms with Crippen molar-refractivity contribution >= 4 is 45.2 Å². The third-order valence-corrected chi connectivity index (χ3v) is 3.75. The predicted molar refractivity (Wildman–Crippen MR) is 55.6 cm³/mol. The van der Waals surface area contributed by atoms with Crippen LogP contribution in [0.2, 0.25) is 0 Å². The van der Waals surface area contributed by atoms with Crippen molar-refractivity contribution in [1.82, 2.24) is 4.98 Å². The van der Waals surface area contributed by atoms with Crippen LogP contribution in [0.25, 0.3) is 0 Å². The highest BCUT2D eigenvalue weighted by Crippen LogP contribution is 2.13. The second-order valence-electron chi connectivity index (χ2n) is 1.77. The molecule has 1 rings (SSSR count). The van der Waals surface area contributed by atoms with Gasteiger partial charge in [0.15, 0.2) is 0 Å². The highest BCUT2D eigenvalue weighted by Gasteiger charge is 1.97. The Morgan fingerprint density at radius 3 is 2.70 bits per heavy atom. The molecule has 2 nitrogen and oxygen atoms in total. The molecular weight excluding hydrogens is 356 g/mol. The largest absolute Gasteiger partial charge is 0.392 e. The molecule has 10 heavy (non-hydrogen) atoms. The van der Waals surface area contributed by atoms with E-state index in [2.05, 4.69) is 50.2 Å². The molecule has 0 aromatic carbocycles. The maximum Gasteiger partial charge on any atom is 0.114 e. The van der Waals surface area contributed by atoms with Crippen LogP contribution < -0.4 is 0 Å². The summed E-state index contributed by atoms with van der Waals surface area (Å²) in [6, 6.07) is 1.93. The summed E-state index contributed by atoms with van der Waals surface area (Å²) in [6.07, 6.45) is 1.68. The summed E-state index contributed by atoms with van der Waals surface area (Å²) in [5.74, 6) is 0. The van der Waals surface area contributed by atoms with Gasteiger partial charge in [0.1, 0.15) is 3.70 Å². The van der Waals surface area contributed by atoms with E-state index in [0.29, 0.717) is 0 Å². The molecule has 0 amide bonds. The number of nitrogens with zero attached hydrogens (tertiary/aromatic N) is 1. The maximum absolute atomic E-state index is 8.71. The van der Waals surface area contributed by atoms with Crippen LogP contribution in [-0.2, 0) is 6.61 Å². The summed E-state index contributed by atoms with van der Waals surface area (Å²) in [4.78, 5) is 4.07. The monoisotopic (exact) mass is 361 g/mol. The lowest BCUT2D eigenvalue weighted by Gasteiger charge is -1.97. The van der Waals surface area contributed by atoms with E-state index in [-0.39, 0.29) is 6.61 Å². The van der Waals surface area contributed by atoms with Crippen molar-refractivity contribution in [2.75, 3.05) is 0 Å². The molecule has 0 aliphatic rings. The topological polar surface area (TPSA) is 33.1 Å². The summed E-state index contributed by atoms with van der Waals surface area (Å²) in [5, 5.41) is 8.71. The maximum atomic E-state index is 8.71. The van der Waals surface area contributed by atoms with Crippen LogP contribution in [0.1, 0.15) is 5.56 Å². The summed E-state index contributed by atoms with van der Waals surface area (Å²) in [7, 11) is 0. The fraction of sp³-hybridized carbons (Fsp3) is 0.167. The zero-order valence-corrected chi connectivity index (χ0v) is 9.33. The molecular formula is C6H5I2NO. The van der Waals surface area contributed by atoms with Crippen molar-refractivity contribution in [2.24, 2.45) is 0 Å². The molecule has 1 aromatic rings. The lowest BCUT2D eigenvalue weighted by Crippen LogP contribution is -1.90. The molecule has 0 spiro atoms. The second-order valence-corrected chi connectivity index (χ2v) is 3.96. The second kappa shape index (κ2) is 3.82. The van der Waals surface area contributed by atoms with Crippen LogP contribution in [0.3, 0.4) is 0 Å². The Labute approximate surface area is 86.3 Å². The molecule has 0 bridgehead atoms. The predicted octanol–water partition coefficient (Wildman–Crippen LogP) is 1.78. The molecule has 0 atom stereocenters. The van der Waals surface area contributed by atoms with Gasteiger partial charge >= 0.3 is 0 Å². The molecule has 0 unspecified atom stereocenters. The van der Waals surface area contributed by atoms with Gasteiger partial charge in [0.05, 0.1) is 6.61 Å². The minimum absolute atomic E-state index is 0.0694. The van der Waals surface area contributed by atoms with E-state index < -0.39 is 0 Å². The molecule has 1 heterocycles. The summed E-state index contributed by atoms with van der Waals surface area (Å²) in [5.41, 5.74) is 0.866. The molecule has 0 saturated carbocycles. The average Bonchev–Trinajstić information content (AvgIpc) is 1.95. The number of pyridine rings is 1. The molecule has 0 saturated heterocycles. The smallest absolute Gasteiger partial charge is 0.114 e. The zero-order chi connectivity index (χ0) is 7.56. The van der Waals surface area contributed by atoms with Crippen molar-refractivity contribution in [3.63, 3.8) is 0 Å². The first-order valence-electron chi connectivity index (χ1n) is 2.65. The van der Waals surface area contributed by atoms with Crippen LogP contribution in [0.4, 0.5) is 0 Å². The number of halogens is 2. The Hall–Kier alpha value is 0.570. The van der Waals surface area contributed by atoms with Crippen LogP contribution in [-0.4, -0.2) is 10.1 Å². The van der Waals surface area contributed by atoms with E-state index >= 15 is 0 Å². The van der Waals surface area contributed by atoms with E-state index in [1.165, 1.54) is 0 Å². The molecule has 1 N–H and O–H groups in total. The standard InChI is InChI=1S/C6H5I2NO/c7-5-1-4(3-10)2-9-6(5)8/h1-2,10H,3H2. The van der Waals surface area contributed by atoms with E-state index in [4.69, 9.17) is 5.11 Å². The first-order chi connectivity index (χ1) is 4.74.